The average Bonchev–Trinajstić information content (AvgIpc) is 2.90. The van der Waals surface area contributed by atoms with Gasteiger partial charge in [-0.05, 0) is 31.3 Å². The van der Waals surface area contributed by atoms with Gasteiger partial charge in [0.2, 0.25) is 0 Å². The molecule has 0 radical (unpaired) electrons. The van der Waals surface area contributed by atoms with Crippen LogP contribution in [0.4, 0.5) is 4.39 Å². The summed E-state index contributed by atoms with van der Waals surface area (Å²) in [6.45, 7) is 4.12. The molecule has 0 aromatic rings. The van der Waals surface area contributed by atoms with Crippen LogP contribution in [0, 0.1) is 11.8 Å². The Kier molecular flexibility index (Phi) is 4.84. The van der Waals surface area contributed by atoms with E-state index in [-0.39, 0.29) is 11.9 Å². The number of carbonyl (C=O) groups excluding carboxylic acids is 1. The molecule has 1 saturated heterocycles. The summed E-state index contributed by atoms with van der Waals surface area (Å²) in [6, 6.07) is 0. The third-order valence-corrected chi connectivity index (χ3v) is 4.77. The van der Waals surface area contributed by atoms with Crippen LogP contribution in [-0.4, -0.2) is 29.0 Å². The molecular formula is C16H25FO3. The third kappa shape index (κ3) is 3.05. The Morgan fingerprint density at radius 2 is 2.35 bits per heavy atom. The molecule has 1 aliphatic carbocycles. The molecule has 0 amide bonds. The van der Waals surface area contributed by atoms with E-state index < -0.39 is 17.9 Å². The smallest absolute Gasteiger partial charge is 0.307 e. The van der Waals surface area contributed by atoms with E-state index in [0.717, 1.165) is 25.7 Å². The minimum absolute atomic E-state index is 0.173. The Hall–Kier alpha value is -0.900. The number of halogens is 1. The number of fused-ring (bicyclic) bond motifs is 1. The molecule has 0 unspecified atom stereocenters. The highest BCUT2D eigenvalue weighted by molar-refractivity contribution is 5.73. The lowest BCUT2D eigenvalue weighted by Gasteiger charge is -2.25. The largest absolute Gasteiger partial charge is 0.454 e. The predicted molar refractivity (Wildman–Crippen MR) is 74.9 cm³/mol. The van der Waals surface area contributed by atoms with Crippen molar-refractivity contribution < 1.29 is 19.0 Å². The normalized spacial score (nSPS) is 36.1. The second kappa shape index (κ2) is 6.25. The maximum Gasteiger partial charge on any atom is 0.307 e. The van der Waals surface area contributed by atoms with Crippen LogP contribution in [0.5, 0.6) is 0 Å². The summed E-state index contributed by atoms with van der Waals surface area (Å²) in [4.78, 5) is 11.5. The number of rotatable bonds is 6. The van der Waals surface area contributed by atoms with Crippen molar-refractivity contribution in [3.63, 3.8) is 0 Å². The molecule has 1 heterocycles. The maximum atomic E-state index is 13.7. The van der Waals surface area contributed by atoms with E-state index in [2.05, 4.69) is 6.92 Å². The summed E-state index contributed by atoms with van der Waals surface area (Å²) in [7, 11) is 0. The van der Waals surface area contributed by atoms with Gasteiger partial charge in [-0.1, -0.05) is 32.8 Å². The van der Waals surface area contributed by atoms with Crippen LogP contribution in [0.25, 0.3) is 0 Å². The van der Waals surface area contributed by atoms with Crippen LogP contribution >= 0.6 is 0 Å². The standard InChI is InChI=1S/C16H25FO3/c1-3-4-5-13(17)14(18)7-9-16-8-6-11(2)12(16)10-15(19)20-16/h7,9,11-14,18H,3-6,8,10H2,1-2H3/t11-,12-,13+,14+,16+/m1/s1. The molecule has 1 N–H and O–H groups in total. The number of unbranched alkanes of at least 4 members (excludes halogenated alkanes) is 1. The van der Waals surface area contributed by atoms with Gasteiger partial charge in [0.15, 0.2) is 0 Å². The second-order valence-electron chi connectivity index (χ2n) is 6.26. The van der Waals surface area contributed by atoms with E-state index in [0.29, 0.717) is 18.8 Å². The lowest BCUT2D eigenvalue weighted by Crippen LogP contribution is -2.31. The summed E-state index contributed by atoms with van der Waals surface area (Å²) in [6.07, 6.45) is 5.17. The van der Waals surface area contributed by atoms with Gasteiger partial charge in [-0.2, -0.15) is 0 Å². The Bertz CT molecular complexity index is 382. The van der Waals surface area contributed by atoms with Gasteiger partial charge in [0.1, 0.15) is 17.9 Å². The van der Waals surface area contributed by atoms with E-state index in [9.17, 15) is 14.3 Å². The van der Waals surface area contributed by atoms with Crippen LogP contribution in [-0.2, 0) is 9.53 Å². The number of esters is 1. The monoisotopic (exact) mass is 284 g/mol. The zero-order valence-corrected chi connectivity index (χ0v) is 12.3. The lowest BCUT2D eigenvalue weighted by molar-refractivity contribution is -0.145. The molecule has 2 aliphatic rings. The van der Waals surface area contributed by atoms with Crippen LogP contribution in [0.3, 0.4) is 0 Å². The molecule has 2 rings (SSSR count). The molecule has 1 aliphatic heterocycles. The quantitative estimate of drug-likeness (QED) is 0.602. The van der Waals surface area contributed by atoms with Gasteiger partial charge in [-0.3, -0.25) is 4.79 Å². The van der Waals surface area contributed by atoms with E-state index in [4.69, 9.17) is 4.74 Å². The van der Waals surface area contributed by atoms with Crippen molar-refractivity contribution in [3.05, 3.63) is 12.2 Å². The van der Waals surface area contributed by atoms with Crippen LogP contribution in [0.1, 0.15) is 52.4 Å². The van der Waals surface area contributed by atoms with Gasteiger partial charge in [0.25, 0.3) is 0 Å². The molecule has 3 nitrogen and oxygen atoms in total. The Morgan fingerprint density at radius 1 is 1.60 bits per heavy atom. The summed E-state index contributed by atoms with van der Waals surface area (Å²) in [5, 5.41) is 9.85. The molecule has 114 valence electrons. The van der Waals surface area contributed by atoms with Crippen molar-refractivity contribution in [2.75, 3.05) is 0 Å². The molecule has 1 saturated carbocycles. The molecular weight excluding hydrogens is 259 g/mol. The van der Waals surface area contributed by atoms with E-state index in [1.165, 1.54) is 6.08 Å². The molecule has 5 atom stereocenters. The van der Waals surface area contributed by atoms with Crippen molar-refractivity contribution >= 4 is 5.97 Å². The van der Waals surface area contributed by atoms with Crippen molar-refractivity contribution in [3.8, 4) is 0 Å². The number of carbonyl (C=O) groups is 1. The van der Waals surface area contributed by atoms with Gasteiger partial charge in [0.05, 0.1) is 6.42 Å². The Morgan fingerprint density at radius 3 is 3.05 bits per heavy atom. The fourth-order valence-electron chi connectivity index (χ4n) is 3.45. The van der Waals surface area contributed by atoms with Crippen molar-refractivity contribution in [1.29, 1.82) is 0 Å². The first kappa shape index (κ1) is 15.5. The molecule has 0 bridgehead atoms. The number of hydrogen-bond donors (Lipinski definition) is 1. The van der Waals surface area contributed by atoms with Crippen molar-refractivity contribution in [2.45, 2.75) is 70.2 Å². The minimum atomic E-state index is -1.24. The zero-order valence-electron chi connectivity index (χ0n) is 12.3. The summed E-state index contributed by atoms with van der Waals surface area (Å²) in [5.41, 5.74) is -0.595. The highest BCUT2D eigenvalue weighted by Gasteiger charge is 2.53. The second-order valence-corrected chi connectivity index (χ2v) is 6.26. The number of hydrogen-bond acceptors (Lipinski definition) is 3. The highest BCUT2D eigenvalue weighted by atomic mass is 19.1. The molecule has 20 heavy (non-hydrogen) atoms. The highest BCUT2D eigenvalue weighted by Crippen LogP contribution is 2.50. The number of ether oxygens (including phenoxy) is 1. The third-order valence-electron chi connectivity index (χ3n) is 4.77. The maximum absolute atomic E-state index is 13.7. The Balaban J connectivity index is 2.00. The van der Waals surface area contributed by atoms with E-state index in [1.807, 2.05) is 6.92 Å². The van der Waals surface area contributed by atoms with E-state index >= 15 is 0 Å². The van der Waals surface area contributed by atoms with Crippen LogP contribution < -0.4 is 0 Å². The number of aliphatic hydroxyl groups excluding tert-OH is 1. The first-order chi connectivity index (χ1) is 9.48. The molecule has 4 heteroatoms. The first-order valence-corrected chi connectivity index (χ1v) is 7.72. The first-order valence-electron chi connectivity index (χ1n) is 7.72. The average molecular weight is 284 g/mol. The van der Waals surface area contributed by atoms with Crippen LogP contribution in [0.15, 0.2) is 12.2 Å². The summed E-state index contributed by atoms with van der Waals surface area (Å²) in [5.74, 6) is 0.431. The summed E-state index contributed by atoms with van der Waals surface area (Å²) >= 11 is 0. The van der Waals surface area contributed by atoms with Gasteiger partial charge in [-0.25, -0.2) is 4.39 Å². The van der Waals surface area contributed by atoms with Crippen LogP contribution in [0.2, 0.25) is 0 Å². The van der Waals surface area contributed by atoms with Gasteiger partial charge < -0.3 is 9.84 Å². The topological polar surface area (TPSA) is 46.5 Å². The number of alkyl halides is 1. The van der Waals surface area contributed by atoms with Gasteiger partial charge in [-0.15, -0.1) is 0 Å². The molecule has 0 aromatic carbocycles. The number of aliphatic hydroxyl groups is 1. The fourth-order valence-corrected chi connectivity index (χ4v) is 3.45. The van der Waals surface area contributed by atoms with Gasteiger partial charge >= 0.3 is 5.97 Å². The van der Waals surface area contributed by atoms with Gasteiger partial charge in [0, 0.05) is 5.92 Å². The SMILES string of the molecule is CCCC[C@H](F)[C@@H](O)C=C[C@@]12CC[C@@H](C)[C@H]1CC(=O)O2. The molecule has 0 aromatic heterocycles. The Labute approximate surface area is 120 Å². The molecule has 2 fully saturated rings. The fraction of sp³-hybridized carbons (Fsp3) is 0.812. The van der Waals surface area contributed by atoms with Crippen molar-refractivity contribution in [2.24, 2.45) is 11.8 Å². The molecule has 0 spiro atoms. The zero-order chi connectivity index (χ0) is 14.8. The van der Waals surface area contributed by atoms with E-state index in [1.54, 1.807) is 6.08 Å². The summed E-state index contributed by atoms with van der Waals surface area (Å²) < 4.78 is 19.2. The predicted octanol–water partition coefficient (Wildman–Crippen LogP) is 3.16. The lowest BCUT2D eigenvalue weighted by atomic mass is 9.85. The van der Waals surface area contributed by atoms with Crippen molar-refractivity contribution in [1.82, 2.24) is 0 Å². The minimum Gasteiger partial charge on any atom is -0.454 e.